The molecule has 4 aromatic rings. The van der Waals surface area contributed by atoms with E-state index >= 15 is 0 Å². The number of benzene rings is 1. The third-order valence-electron chi connectivity index (χ3n) is 3.32. The maximum Gasteiger partial charge on any atom is 0.345 e. The van der Waals surface area contributed by atoms with Gasteiger partial charge in [0.05, 0.1) is 17.5 Å². The van der Waals surface area contributed by atoms with Crippen LogP contribution in [0.3, 0.4) is 0 Å². The van der Waals surface area contributed by atoms with Crippen LogP contribution in [0.4, 0.5) is 5.13 Å². The molecule has 0 spiro atoms. The summed E-state index contributed by atoms with van der Waals surface area (Å²) in [5, 5.41) is 9.42. The number of para-hydroxylation sites is 1. The Bertz CT molecular complexity index is 1060. The molecule has 1 aromatic carbocycles. The molecule has 0 saturated carbocycles. The molecule has 0 amide bonds. The molecule has 1 N–H and O–H groups in total. The van der Waals surface area contributed by atoms with E-state index in [1.807, 2.05) is 41.1 Å². The summed E-state index contributed by atoms with van der Waals surface area (Å²) in [6.07, 6.45) is 1.73. The van der Waals surface area contributed by atoms with Gasteiger partial charge in [0.15, 0.2) is 0 Å². The summed E-state index contributed by atoms with van der Waals surface area (Å²) < 4.78 is 5.35. The predicted octanol–water partition coefficient (Wildman–Crippen LogP) is 4.42. The van der Waals surface area contributed by atoms with Gasteiger partial charge in [0, 0.05) is 15.6 Å². The average Bonchev–Trinajstić information content (AvgIpc) is 3.26. The first kappa shape index (κ1) is 14.8. The highest BCUT2D eigenvalue weighted by Gasteiger charge is 2.11. The summed E-state index contributed by atoms with van der Waals surface area (Å²) in [6.45, 7) is 0. The first-order chi connectivity index (χ1) is 11.8. The summed E-state index contributed by atoms with van der Waals surface area (Å²) in [5.74, 6) is 0. The Morgan fingerprint density at radius 3 is 2.96 bits per heavy atom. The second kappa shape index (κ2) is 6.38. The van der Waals surface area contributed by atoms with Crippen molar-refractivity contribution in [3.8, 4) is 11.3 Å². The van der Waals surface area contributed by atoms with Gasteiger partial charge < -0.3 is 4.42 Å². The van der Waals surface area contributed by atoms with E-state index in [9.17, 15) is 4.79 Å². The topological polar surface area (TPSA) is 67.5 Å². The van der Waals surface area contributed by atoms with Crippen LogP contribution in [0.5, 0.6) is 0 Å². The lowest BCUT2D eigenvalue weighted by Gasteiger charge is -1.99. The molecule has 0 fully saturated rings. The molecule has 0 unspecified atom stereocenters. The number of hydrogen-bond donors (Lipinski definition) is 1. The monoisotopic (exact) mass is 353 g/mol. The van der Waals surface area contributed by atoms with E-state index in [0.29, 0.717) is 22.0 Å². The molecule has 3 aromatic heterocycles. The van der Waals surface area contributed by atoms with Crippen molar-refractivity contribution in [1.29, 1.82) is 0 Å². The number of anilines is 1. The van der Waals surface area contributed by atoms with Gasteiger partial charge in [-0.05, 0) is 23.6 Å². The summed E-state index contributed by atoms with van der Waals surface area (Å²) in [6, 6.07) is 13.2. The molecule has 0 atom stereocenters. The van der Waals surface area contributed by atoms with E-state index in [2.05, 4.69) is 15.5 Å². The molecule has 7 heteroatoms. The van der Waals surface area contributed by atoms with Gasteiger partial charge in [-0.25, -0.2) is 9.78 Å². The van der Waals surface area contributed by atoms with Crippen molar-refractivity contribution < 1.29 is 4.42 Å². The van der Waals surface area contributed by atoms with Crippen molar-refractivity contribution in [3.63, 3.8) is 0 Å². The van der Waals surface area contributed by atoms with Crippen LogP contribution in [0.2, 0.25) is 0 Å². The predicted molar refractivity (Wildman–Crippen MR) is 99.1 cm³/mol. The van der Waals surface area contributed by atoms with E-state index in [1.54, 1.807) is 29.7 Å². The SMILES string of the molecule is O=c1oc2ccccc2cc1-c1csc(N/N=C/c2cccs2)n1. The van der Waals surface area contributed by atoms with Crippen LogP contribution >= 0.6 is 22.7 Å². The Labute approximate surface area is 144 Å². The number of fused-ring (bicyclic) bond motifs is 1. The van der Waals surface area contributed by atoms with Crippen molar-refractivity contribution in [2.45, 2.75) is 0 Å². The van der Waals surface area contributed by atoms with Crippen molar-refractivity contribution in [3.05, 3.63) is 68.5 Å². The van der Waals surface area contributed by atoms with E-state index in [0.717, 1.165) is 10.3 Å². The average molecular weight is 353 g/mol. The zero-order valence-corrected chi connectivity index (χ0v) is 13.9. The minimum absolute atomic E-state index is 0.396. The van der Waals surface area contributed by atoms with Gasteiger partial charge in [-0.2, -0.15) is 5.10 Å². The van der Waals surface area contributed by atoms with Gasteiger partial charge in [0.25, 0.3) is 0 Å². The Balaban J connectivity index is 1.60. The first-order valence-corrected chi connectivity index (χ1v) is 8.87. The van der Waals surface area contributed by atoms with Crippen LogP contribution in [0.15, 0.2) is 67.5 Å². The fraction of sp³-hybridized carbons (Fsp3) is 0. The summed E-state index contributed by atoms with van der Waals surface area (Å²) >= 11 is 2.99. The van der Waals surface area contributed by atoms with Crippen LogP contribution < -0.4 is 11.1 Å². The molecule has 118 valence electrons. The molecule has 0 aliphatic carbocycles. The van der Waals surface area contributed by atoms with E-state index < -0.39 is 5.63 Å². The van der Waals surface area contributed by atoms with Gasteiger partial charge in [-0.15, -0.1) is 22.7 Å². The molecule has 0 saturated heterocycles. The number of nitrogens with one attached hydrogen (secondary N) is 1. The third-order valence-corrected chi connectivity index (χ3v) is 4.87. The molecular weight excluding hydrogens is 342 g/mol. The van der Waals surface area contributed by atoms with Crippen molar-refractivity contribution >= 4 is 45.0 Å². The number of rotatable bonds is 4. The van der Waals surface area contributed by atoms with E-state index in [-0.39, 0.29) is 0 Å². The van der Waals surface area contributed by atoms with Gasteiger partial charge in [-0.3, -0.25) is 5.43 Å². The largest absolute Gasteiger partial charge is 0.422 e. The van der Waals surface area contributed by atoms with Crippen LogP contribution in [0, 0.1) is 0 Å². The molecule has 3 heterocycles. The van der Waals surface area contributed by atoms with E-state index in [1.165, 1.54) is 11.3 Å². The quantitative estimate of drug-likeness (QED) is 0.335. The summed E-state index contributed by atoms with van der Waals surface area (Å²) in [5.41, 5.74) is 4.08. The second-order valence-electron chi connectivity index (χ2n) is 4.91. The molecule has 0 bridgehead atoms. The molecule has 4 rings (SSSR count). The van der Waals surface area contributed by atoms with Crippen molar-refractivity contribution in [1.82, 2.24) is 4.98 Å². The Morgan fingerprint density at radius 1 is 1.17 bits per heavy atom. The summed E-state index contributed by atoms with van der Waals surface area (Å²) in [7, 11) is 0. The first-order valence-electron chi connectivity index (χ1n) is 7.11. The lowest BCUT2D eigenvalue weighted by atomic mass is 10.1. The standard InChI is InChI=1S/C17H11N3O2S2/c21-16-13(8-11-4-1-2-6-15(11)22-16)14-10-24-17(19-14)20-18-9-12-5-3-7-23-12/h1-10H,(H,19,20)/b18-9+. The zero-order valence-electron chi connectivity index (χ0n) is 12.3. The lowest BCUT2D eigenvalue weighted by molar-refractivity contribution is 0.563. The molecule has 5 nitrogen and oxygen atoms in total. The molecule has 0 radical (unpaired) electrons. The Hall–Kier alpha value is -2.77. The number of hydrogen-bond acceptors (Lipinski definition) is 7. The van der Waals surface area contributed by atoms with Crippen molar-refractivity contribution in [2.24, 2.45) is 5.10 Å². The van der Waals surface area contributed by atoms with Gasteiger partial charge in [0.2, 0.25) is 5.13 Å². The van der Waals surface area contributed by atoms with Crippen molar-refractivity contribution in [2.75, 3.05) is 5.43 Å². The molecule has 0 aliphatic heterocycles. The number of thiazole rings is 1. The Kier molecular flexibility index (Phi) is 3.94. The maximum atomic E-state index is 12.2. The van der Waals surface area contributed by atoms with Crippen LogP contribution in [-0.4, -0.2) is 11.2 Å². The molecule has 24 heavy (non-hydrogen) atoms. The van der Waals surface area contributed by atoms with Gasteiger partial charge in [0.1, 0.15) is 5.58 Å². The fourth-order valence-electron chi connectivity index (χ4n) is 2.21. The normalized spacial score (nSPS) is 11.3. The Morgan fingerprint density at radius 2 is 2.08 bits per heavy atom. The van der Waals surface area contributed by atoms with Crippen LogP contribution in [0.1, 0.15) is 4.88 Å². The number of thiophene rings is 1. The summed E-state index contributed by atoms with van der Waals surface area (Å²) in [4.78, 5) is 17.6. The highest BCUT2D eigenvalue weighted by molar-refractivity contribution is 7.14. The van der Waals surface area contributed by atoms with Crippen LogP contribution in [0.25, 0.3) is 22.2 Å². The molecular formula is C17H11N3O2S2. The van der Waals surface area contributed by atoms with Gasteiger partial charge >= 0.3 is 5.63 Å². The highest BCUT2D eigenvalue weighted by atomic mass is 32.1. The maximum absolute atomic E-state index is 12.2. The number of aromatic nitrogens is 1. The van der Waals surface area contributed by atoms with Gasteiger partial charge in [-0.1, -0.05) is 24.3 Å². The minimum Gasteiger partial charge on any atom is -0.422 e. The second-order valence-corrected chi connectivity index (χ2v) is 6.75. The third kappa shape index (κ3) is 2.99. The fourth-order valence-corrected chi connectivity index (χ4v) is 3.45. The number of nitrogens with zero attached hydrogens (tertiary/aromatic N) is 2. The zero-order chi connectivity index (χ0) is 16.4. The lowest BCUT2D eigenvalue weighted by Crippen LogP contribution is -2.02. The van der Waals surface area contributed by atoms with Crippen LogP contribution in [-0.2, 0) is 0 Å². The highest BCUT2D eigenvalue weighted by Crippen LogP contribution is 2.25. The van der Waals surface area contributed by atoms with E-state index in [4.69, 9.17) is 4.42 Å². The smallest absolute Gasteiger partial charge is 0.345 e. The minimum atomic E-state index is -0.396. The molecule has 0 aliphatic rings. The number of hydrazone groups is 1.